The summed E-state index contributed by atoms with van der Waals surface area (Å²) >= 11 is -0.826. The van der Waals surface area contributed by atoms with E-state index in [2.05, 4.69) is 159 Å². The van der Waals surface area contributed by atoms with E-state index in [1.54, 1.807) is 0 Å². The van der Waals surface area contributed by atoms with Gasteiger partial charge in [0.15, 0.2) is 0 Å². The minimum atomic E-state index is -0.826. The molecule has 0 bridgehead atoms. The molecule has 0 fully saturated rings. The van der Waals surface area contributed by atoms with E-state index in [1.165, 1.54) is 82.0 Å². The van der Waals surface area contributed by atoms with Crippen molar-refractivity contribution in [3.05, 3.63) is 193 Å². The first-order valence-electron chi connectivity index (χ1n) is 18.1. The summed E-state index contributed by atoms with van der Waals surface area (Å²) in [6.45, 7) is 5.07. The molecule has 1 nitrogen and oxygen atoms in total. The molecule has 0 aliphatic rings. The van der Waals surface area contributed by atoms with Crippen molar-refractivity contribution in [3.8, 4) is 22.3 Å². The molecule has 2 N–H and O–H groups in total. The van der Waals surface area contributed by atoms with E-state index in [4.69, 9.17) is 22.8 Å². The van der Waals surface area contributed by atoms with Crippen molar-refractivity contribution in [1.29, 1.82) is 0 Å². The van der Waals surface area contributed by atoms with Gasteiger partial charge in [0, 0.05) is 17.5 Å². The van der Waals surface area contributed by atoms with Gasteiger partial charge in [-0.25, -0.2) is 0 Å². The summed E-state index contributed by atoms with van der Waals surface area (Å²) in [6.07, 6.45) is 2.17. The Morgan fingerprint density at radius 3 is 1.20 bits per heavy atom. The maximum Gasteiger partial charge on any atom is 0 e. The zero-order chi connectivity index (χ0) is 37.0. The number of rotatable bonds is 5. The average molecular weight is 836 g/mol. The smallest absolute Gasteiger partial charge is 0 e. The van der Waals surface area contributed by atoms with Crippen molar-refractivity contribution in [2.45, 2.75) is 33.2 Å². The van der Waals surface area contributed by atoms with Crippen molar-refractivity contribution in [1.82, 2.24) is 0 Å². The zero-order valence-electron chi connectivity index (χ0n) is 30.7. The van der Waals surface area contributed by atoms with Crippen LogP contribution in [-0.2, 0) is 40.2 Å². The van der Waals surface area contributed by atoms with Crippen LogP contribution in [-0.4, -0.2) is 11.0 Å². The normalized spacial score (nSPS) is 10.3. The van der Waals surface area contributed by atoms with Gasteiger partial charge in [0.2, 0.25) is 0 Å². The van der Waals surface area contributed by atoms with Crippen molar-refractivity contribution in [3.63, 3.8) is 0 Å². The minimum Gasteiger partial charge on any atom is 0 e. The van der Waals surface area contributed by atoms with E-state index in [9.17, 15) is 0 Å². The van der Waals surface area contributed by atoms with Crippen LogP contribution in [0.4, 0.5) is 0 Å². The van der Waals surface area contributed by atoms with Crippen molar-refractivity contribution < 1.29 is 20.8 Å². The van der Waals surface area contributed by atoms with Crippen LogP contribution in [0.25, 0.3) is 65.3 Å². The molecule has 0 aliphatic carbocycles. The molecule has 0 heterocycles. The summed E-state index contributed by atoms with van der Waals surface area (Å²) in [5.41, 5.74) is 14.7. The third-order valence-electron chi connectivity index (χ3n) is 9.68. The van der Waals surface area contributed by atoms with E-state index >= 15 is 0 Å². The number of fused-ring (bicyclic) bond motifs is 4. The van der Waals surface area contributed by atoms with E-state index in [-0.39, 0.29) is 11.0 Å². The molecule has 4 radical (unpaired) electrons. The average Bonchev–Trinajstić information content (AvgIpc) is 3.86. The van der Waals surface area contributed by atoms with Gasteiger partial charge in [0.1, 0.15) is 0 Å². The SMILES string of the molecule is CCc1cc2c(-c3cccc4ccccc34)cccc2[cH-]1.CCc1cc2c(-c3cccc4ccccc34)cccc2[cH-]1.NCc1ccccc1.[Cl][Zr+2][Cl].[Si]. The Hall–Kier alpha value is -4.08. The molecule has 0 spiro atoms. The van der Waals surface area contributed by atoms with Crippen LogP contribution in [0, 0.1) is 0 Å². The van der Waals surface area contributed by atoms with Crippen LogP contribution in [0.15, 0.2) is 176 Å². The third-order valence-corrected chi connectivity index (χ3v) is 9.68. The van der Waals surface area contributed by atoms with Crippen LogP contribution >= 0.6 is 17.0 Å². The number of hydrogen-bond acceptors (Lipinski definition) is 1. The Labute approximate surface area is 343 Å². The zero-order valence-corrected chi connectivity index (χ0v) is 35.7. The first kappa shape index (κ1) is 41.1. The van der Waals surface area contributed by atoms with E-state index in [0.29, 0.717) is 6.54 Å². The summed E-state index contributed by atoms with van der Waals surface area (Å²) in [7, 11) is 9.87. The van der Waals surface area contributed by atoms with Crippen LogP contribution in [0.1, 0.15) is 30.5 Å². The predicted octanol–water partition coefficient (Wildman–Crippen LogP) is 14.0. The van der Waals surface area contributed by atoms with Gasteiger partial charge in [-0.2, -0.15) is 12.1 Å². The fourth-order valence-electron chi connectivity index (χ4n) is 7.01. The monoisotopic (exact) mass is 833 g/mol. The fourth-order valence-corrected chi connectivity index (χ4v) is 7.01. The van der Waals surface area contributed by atoms with Gasteiger partial charge in [0.25, 0.3) is 0 Å². The molecule has 9 aromatic carbocycles. The van der Waals surface area contributed by atoms with Gasteiger partial charge in [-0.15, -0.1) is 69.1 Å². The second-order valence-corrected chi connectivity index (χ2v) is 16.6. The Morgan fingerprint density at radius 2 is 0.815 bits per heavy atom. The number of benzene rings is 7. The molecule has 0 aromatic heterocycles. The molecule has 5 heteroatoms. The summed E-state index contributed by atoms with van der Waals surface area (Å²) in [4.78, 5) is 0. The van der Waals surface area contributed by atoms with Gasteiger partial charge < -0.3 is 5.73 Å². The summed E-state index contributed by atoms with van der Waals surface area (Å²) in [5.74, 6) is 0. The topological polar surface area (TPSA) is 26.0 Å². The second-order valence-electron chi connectivity index (χ2n) is 12.9. The van der Waals surface area contributed by atoms with Crippen molar-refractivity contribution in [2.75, 3.05) is 0 Å². The van der Waals surface area contributed by atoms with E-state index < -0.39 is 20.8 Å². The van der Waals surface area contributed by atoms with Gasteiger partial charge in [-0.3, -0.25) is 0 Å². The largest absolute Gasteiger partial charge is 0 e. The van der Waals surface area contributed by atoms with Gasteiger partial charge in [-0.05, 0) is 51.1 Å². The Morgan fingerprint density at radius 1 is 0.463 bits per heavy atom. The Balaban J connectivity index is 0.000000161. The quantitative estimate of drug-likeness (QED) is 0.136. The van der Waals surface area contributed by atoms with E-state index in [1.807, 2.05) is 30.3 Å². The molecule has 9 rings (SSSR count). The molecular weight excluding hydrogens is 793 g/mol. The Bertz CT molecular complexity index is 2370. The molecule has 0 unspecified atom stereocenters. The first-order valence-corrected chi connectivity index (χ1v) is 24.4. The molecule has 9 aromatic rings. The Kier molecular flexibility index (Phi) is 15.6. The molecular formula is C49H43Cl2NSiZr. The van der Waals surface area contributed by atoms with E-state index in [0.717, 1.165) is 12.8 Å². The van der Waals surface area contributed by atoms with Gasteiger partial charge >= 0.3 is 37.9 Å². The predicted molar refractivity (Wildman–Crippen MR) is 236 cm³/mol. The van der Waals surface area contributed by atoms with Crippen LogP contribution in [0.2, 0.25) is 0 Å². The van der Waals surface area contributed by atoms with Crippen LogP contribution < -0.4 is 5.73 Å². The maximum atomic E-state index is 5.35. The third kappa shape index (κ3) is 9.77. The molecule has 0 aliphatic heterocycles. The fraction of sp³-hybridized carbons (Fsp3) is 0.102. The maximum absolute atomic E-state index is 5.35. The summed E-state index contributed by atoms with van der Waals surface area (Å²) in [6, 6.07) is 62.9. The molecule has 0 amide bonds. The van der Waals surface area contributed by atoms with Crippen LogP contribution in [0.3, 0.4) is 0 Å². The summed E-state index contributed by atoms with van der Waals surface area (Å²) in [5, 5.41) is 10.7. The second kappa shape index (κ2) is 20.6. The standard InChI is InChI=1S/2C21H17.C7H9N.2ClH.Si.Zr/c2*1-2-15-13-17-9-6-12-20(21(17)14-15)19-11-5-8-16-7-3-4-10-18(16)19;8-6-7-4-2-1-3-5-7;;;;/h2*3-14H,2H2,1H3;1-5H,6,8H2;2*1H;;/q2*-1;;;;;+4/p-2. The minimum absolute atomic E-state index is 0. The summed E-state index contributed by atoms with van der Waals surface area (Å²) < 4.78 is 0. The molecule has 54 heavy (non-hydrogen) atoms. The molecule has 0 saturated carbocycles. The van der Waals surface area contributed by atoms with Crippen LogP contribution in [0.5, 0.6) is 0 Å². The molecule has 266 valence electrons. The first-order chi connectivity index (χ1) is 26.1. The number of aryl methyl sites for hydroxylation is 2. The van der Waals surface area contributed by atoms with Crippen molar-refractivity contribution in [2.24, 2.45) is 5.73 Å². The van der Waals surface area contributed by atoms with Gasteiger partial charge in [0.05, 0.1) is 0 Å². The number of nitrogens with two attached hydrogens (primary N) is 1. The number of hydrogen-bond donors (Lipinski definition) is 1. The molecule has 0 atom stereocenters. The number of halogens is 2. The van der Waals surface area contributed by atoms with Gasteiger partial charge in [-0.1, -0.05) is 152 Å². The molecule has 0 saturated heterocycles. The van der Waals surface area contributed by atoms with Crippen molar-refractivity contribution >= 4 is 71.1 Å².